The van der Waals surface area contributed by atoms with Crippen LogP contribution in [0.4, 0.5) is 0 Å². The predicted molar refractivity (Wildman–Crippen MR) is 83.6 cm³/mol. The molecule has 2 heterocycles. The minimum Gasteiger partial charge on any atom is -0.313 e. The Morgan fingerprint density at radius 1 is 1.35 bits per heavy atom. The zero-order valence-electron chi connectivity index (χ0n) is 12.6. The van der Waals surface area contributed by atoms with Crippen molar-refractivity contribution in [3.8, 4) is 0 Å². The maximum absolute atomic E-state index is 12.0. The van der Waals surface area contributed by atoms with Gasteiger partial charge in [0.15, 0.2) is 5.94 Å². The van der Waals surface area contributed by atoms with Crippen molar-refractivity contribution in [1.29, 1.82) is 0 Å². The van der Waals surface area contributed by atoms with Crippen LogP contribution < -0.4 is 11.2 Å². The Labute approximate surface area is 131 Å². The van der Waals surface area contributed by atoms with Crippen molar-refractivity contribution in [1.82, 2.24) is 15.0 Å². The molecule has 0 bridgehead atoms. The Balaban J connectivity index is 1.75. The van der Waals surface area contributed by atoms with E-state index in [0.717, 1.165) is 17.9 Å². The van der Waals surface area contributed by atoms with Crippen LogP contribution in [0, 0.1) is 17.8 Å². The van der Waals surface area contributed by atoms with Crippen LogP contribution in [-0.4, -0.2) is 33.7 Å². The van der Waals surface area contributed by atoms with Gasteiger partial charge in [0.05, 0.1) is 11.3 Å². The van der Waals surface area contributed by atoms with Crippen LogP contribution in [0.2, 0.25) is 0 Å². The minimum absolute atomic E-state index is 0.280. The number of hydrazone groups is 1. The Hall–Kier alpha value is -2.66. The minimum atomic E-state index is -0.558. The molecule has 1 aromatic rings. The number of hydrogen-bond donors (Lipinski definition) is 2. The quantitative estimate of drug-likeness (QED) is 0.789. The molecule has 0 amide bonds. The van der Waals surface area contributed by atoms with E-state index in [2.05, 4.69) is 15.1 Å². The summed E-state index contributed by atoms with van der Waals surface area (Å²) in [6.45, 7) is 0. The first-order valence-corrected chi connectivity index (χ1v) is 7.70. The number of likely N-dealkylation sites (N-methyl/N-ethyl adjacent to an activating group) is 1. The maximum Gasteiger partial charge on any atom is 0.325 e. The second kappa shape index (κ2) is 4.93. The SMILES string of the molecule is CN1N=C(c2c[nH]c(=O)[nH]c2=O)C=C(C2CC2C2CC2)C1=C=O. The highest BCUT2D eigenvalue weighted by Gasteiger charge is 2.50. The molecule has 2 saturated carbocycles. The lowest BCUT2D eigenvalue weighted by atomic mass is 9.99. The van der Waals surface area contributed by atoms with Gasteiger partial charge in [0.1, 0.15) is 5.70 Å². The molecule has 118 valence electrons. The molecule has 2 N–H and O–H groups in total. The molecular weight excluding hydrogens is 296 g/mol. The Morgan fingerprint density at radius 3 is 2.78 bits per heavy atom. The predicted octanol–water partition coefficient (Wildman–Crippen LogP) is 0.401. The highest BCUT2D eigenvalue weighted by atomic mass is 16.2. The van der Waals surface area contributed by atoms with Gasteiger partial charge in [-0.1, -0.05) is 0 Å². The van der Waals surface area contributed by atoms with Crippen molar-refractivity contribution in [2.75, 3.05) is 7.05 Å². The molecule has 2 fully saturated rings. The molecule has 1 aromatic heterocycles. The van der Waals surface area contributed by atoms with E-state index in [0.29, 0.717) is 23.2 Å². The molecule has 23 heavy (non-hydrogen) atoms. The molecule has 0 aromatic carbocycles. The van der Waals surface area contributed by atoms with Gasteiger partial charge >= 0.3 is 5.69 Å². The summed E-state index contributed by atoms with van der Waals surface area (Å²) in [5.41, 5.74) is 1.00. The molecule has 7 nitrogen and oxygen atoms in total. The van der Waals surface area contributed by atoms with Gasteiger partial charge in [-0.3, -0.25) is 14.8 Å². The Kier molecular flexibility index (Phi) is 2.99. The largest absolute Gasteiger partial charge is 0.325 e. The van der Waals surface area contributed by atoms with Crippen molar-refractivity contribution < 1.29 is 4.79 Å². The third-order valence-electron chi connectivity index (χ3n) is 4.81. The molecule has 1 aliphatic heterocycles. The molecule has 2 unspecified atom stereocenters. The van der Waals surface area contributed by atoms with Crippen molar-refractivity contribution in [3.05, 3.63) is 49.9 Å². The molecular formula is C16H16N4O3. The first-order valence-electron chi connectivity index (χ1n) is 7.70. The summed E-state index contributed by atoms with van der Waals surface area (Å²) in [5.74, 6) is 3.72. The number of hydrogen-bond acceptors (Lipinski definition) is 5. The lowest BCUT2D eigenvalue weighted by Crippen LogP contribution is -2.30. The number of nitrogens with zero attached hydrogens (tertiary/aromatic N) is 2. The number of carbonyl (C=O) groups excluding carboxylic acids is 1. The van der Waals surface area contributed by atoms with Gasteiger partial charge < -0.3 is 4.98 Å². The molecule has 7 heteroatoms. The second-order valence-electron chi connectivity index (χ2n) is 6.39. The summed E-state index contributed by atoms with van der Waals surface area (Å²) in [6, 6.07) is 0. The van der Waals surface area contributed by atoms with Gasteiger partial charge in [-0.15, -0.1) is 0 Å². The van der Waals surface area contributed by atoms with E-state index < -0.39 is 11.2 Å². The molecule has 0 radical (unpaired) electrons. The average Bonchev–Trinajstić information content (AvgIpc) is 3.37. The highest BCUT2D eigenvalue weighted by molar-refractivity contribution is 6.09. The number of aromatic amines is 2. The molecule has 3 aliphatic rings. The van der Waals surface area contributed by atoms with Crippen LogP contribution in [0.25, 0.3) is 0 Å². The monoisotopic (exact) mass is 312 g/mol. The average molecular weight is 312 g/mol. The van der Waals surface area contributed by atoms with E-state index in [-0.39, 0.29) is 5.56 Å². The maximum atomic E-state index is 12.0. The fourth-order valence-electron chi connectivity index (χ4n) is 3.40. The zero-order chi connectivity index (χ0) is 16.1. The van der Waals surface area contributed by atoms with Crippen LogP contribution >= 0.6 is 0 Å². The van der Waals surface area contributed by atoms with Gasteiger partial charge in [-0.25, -0.2) is 9.59 Å². The molecule has 0 saturated heterocycles. The third-order valence-corrected chi connectivity index (χ3v) is 4.81. The second-order valence-corrected chi connectivity index (χ2v) is 6.39. The summed E-state index contributed by atoms with van der Waals surface area (Å²) in [5, 5.41) is 5.74. The van der Waals surface area contributed by atoms with Crippen LogP contribution in [0.1, 0.15) is 24.8 Å². The summed E-state index contributed by atoms with van der Waals surface area (Å²) in [6.07, 6.45) is 6.75. The van der Waals surface area contributed by atoms with Crippen molar-refractivity contribution >= 4 is 11.7 Å². The first kappa shape index (κ1) is 14.0. The number of allylic oxidation sites excluding steroid dienone is 2. The van der Waals surface area contributed by atoms with Gasteiger partial charge in [-0.05, 0) is 48.7 Å². The van der Waals surface area contributed by atoms with Crippen molar-refractivity contribution in [2.45, 2.75) is 19.3 Å². The first-order chi connectivity index (χ1) is 11.1. The fourth-order valence-corrected chi connectivity index (χ4v) is 3.40. The van der Waals surface area contributed by atoms with Crippen LogP contribution in [0.15, 0.2) is 38.2 Å². The normalized spacial score (nSPS) is 26.5. The lowest BCUT2D eigenvalue weighted by Gasteiger charge is -2.22. The van der Waals surface area contributed by atoms with E-state index in [4.69, 9.17) is 0 Å². The highest BCUT2D eigenvalue weighted by Crippen LogP contribution is 2.58. The smallest absolute Gasteiger partial charge is 0.313 e. The van der Waals surface area contributed by atoms with Crippen molar-refractivity contribution in [2.24, 2.45) is 22.9 Å². The standard InChI is InChI=1S/C16H16N4O3/c1-20-14(7-21)11(10-4-9(10)8-2-3-8)5-13(19-20)12-6-17-16(23)18-15(12)22/h5-6,8-10H,2-4H2,1H3,(H2,17,18,22,23). The molecule has 0 spiro atoms. The van der Waals surface area contributed by atoms with Crippen LogP contribution in [-0.2, 0) is 4.79 Å². The summed E-state index contributed by atoms with van der Waals surface area (Å²) >= 11 is 0. The summed E-state index contributed by atoms with van der Waals surface area (Å²) in [4.78, 5) is 39.1. The van der Waals surface area contributed by atoms with E-state index in [9.17, 15) is 14.4 Å². The molecule has 2 atom stereocenters. The number of rotatable bonds is 3. The van der Waals surface area contributed by atoms with E-state index in [1.807, 2.05) is 5.94 Å². The van der Waals surface area contributed by atoms with Gasteiger partial charge in [0.25, 0.3) is 5.56 Å². The molecule has 2 aliphatic carbocycles. The Bertz CT molecular complexity index is 896. The summed E-state index contributed by atoms with van der Waals surface area (Å²) < 4.78 is 0. The third kappa shape index (κ3) is 2.39. The lowest BCUT2D eigenvalue weighted by molar-refractivity contribution is 0.441. The topological polar surface area (TPSA) is 98.4 Å². The summed E-state index contributed by atoms with van der Waals surface area (Å²) in [7, 11) is 1.67. The van der Waals surface area contributed by atoms with E-state index in [1.165, 1.54) is 24.0 Å². The van der Waals surface area contributed by atoms with E-state index in [1.54, 1.807) is 13.1 Å². The molecule has 4 rings (SSSR count). The van der Waals surface area contributed by atoms with Gasteiger partial charge in [0, 0.05) is 13.2 Å². The zero-order valence-corrected chi connectivity index (χ0v) is 12.6. The fraction of sp³-hybridized carbons (Fsp3) is 0.438. The number of nitrogens with one attached hydrogen (secondary N) is 2. The Morgan fingerprint density at radius 2 is 2.13 bits per heavy atom. The van der Waals surface area contributed by atoms with Crippen LogP contribution in [0.3, 0.4) is 0 Å². The van der Waals surface area contributed by atoms with Gasteiger partial charge in [0.2, 0.25) is 0 Å². The van der Waals surface area contributed by atoms with E-state index >= 15 is 0 Å². The van der Waals surface area contributed by atoms with Crippen molar-refractivity contribution in [3.63, 3.8) is 0 Å². The number of aromatic nitrogens is 2. The van der Waals surface area contributed by atoms with Gasteiger partial charge in [-0.2, -0.15) is 5.10 Å². The number of H-pyrrole nitrogens is 2. The van der Waals surface area contributed by atoms with Crippen LogP contribution in [0.5, 0.6) is 0 Å².